The topological polar surface area (TPSA) is 42.2 Å². The Labute approximate surface area is 132 Å². The number of ether oxygens (including phenoxy) is 2. The van der Waals surface area contributed by atoms with Crippen molar-refractivity contribution in [1.82, 2.24) is 0 Å². The third-order valence-corrected chi connectivity index (χ3v) is 3.81. The van der Waals surface area contributed by atoms with E-state index in [1.807, 2.05) is 36.4 Å². The van der Waals surface area contributed by atoms with E-state index < -0.39 is 0 Å². The number of hydrogen-bond acceptors (Lipinski definition) is 3. The van der Waals surface area contributed by atoms with E-state index in [0.29, 0.717) is 13.0 Å². The van der Waals surface area contributed by atoms with E-state index in [4.69, 9.17) is 9.47 Å². The molecular weight excluding hydrogens is 274 g/mol. The standard InChI is InChI=1S/C19H21NO2/c1-14-7-8-19(11-15(14)2)22-10-9-17(13-20)16-5-4-6-18(12-16)21-3/h4-8,11-12,17H,9-10H2,1-3H3. The van der Waals surface area contributed by atoms with Gasteiger partial charge in [-0.05, 0) is 54.8 Å². The molecule has 0 spiro atoms. The van der Waals surface area contributed by atoms with Crippen LogP contribution in [-0.4, -0.2) is 13.7 Å². The summed E-state index contributed by atoms with van der Waals surface area (Å²) in [4.78, 5) is 0. The minimum atomic E-state index is -0.193. The second-order valence-electron chi connectivity index (χ2n) is 5.34. The molecule has 0 fully saturated rings. The maximum atomic E-state index is 9.37. The summed E-state index contributed by atoms with van der Waals surface area (Å²) in [6.07, 6.45) is 0.649. The fourth-order valence-corrected chi connectivity index (χ4v) is 2.26. The lowest BCUT2D eigenvalue weighted by molar-refractivity contribution is 0.305. The van der Waals surface area contributed by atoms with Crippen molar-refractivity contribution < 1.29 is 9.47 Å². The Kier molecular flexibility index (Phi) is 5.43. The summed E-state index contributed by atoms with van der Waals surface area (Å²) in [5.74, 6) is 1.43. The zero-order valence-electron chi connectivity index (χ0n) is 13.3. The largest absolute Gasteiger partial charge is 0.497 e. The molecule has 0 heterocycles. The van der Waals surface area contributed by atoms with Gasteiger partial charge in [0.15, 0.2) is 0 Å². The fraction of sp³-hybridized carbons (Fsp3) is 0.316. The highest BCUT2D eigenvalue weighted by Gasteiger charge is 2.11. The van der Waals surface area contributed by atoms with E-state index >= 15 is 0 Å². The number of nitriles is 1. The summed E-state index contributed by atoms with van der Waals surface area (Å²) in [6, 6.07) is 16.0. The van der Waals surface area contributed by atoms with Gasteiger partial charge in [0.2, 0.25) is 0 Å². The van der Waals surface area contributed by atoms with Crippen LogP contribution in [0.5, 0.6) is 11.5 Å². The van der Waals surface area contributed by atoms with Crippen molar-refractivity contribution in [3.63, 3.8) is 0 Å². The molecule has 114 valence electrons. The van der Waals surface area contributed by atoms with Crippen molar-refractivity contribution in [2.45, 2.75) is 26.2 Å². The number of aryl methyl sites for hydroxylation is 2. The van der Waals surface area contributed by atoms with Crippen LogP contribution in [0.15, 0.2) is 42.5 Å². The quantitative estimate of drug-likeness (QED) is 0.793. The molecule has 0 saturated heterocycles. The van der Waals surface area contributed by atoms with Crippen LogP contribution in [0, 0.1) is 25.2 Å². The van der Waals surface area contributed by atoms with Crippen molar-refractivity contribution in [2.75, 3.05) is 13.7 Å². The first kappa shape index (κ1) is 15.9. The maximum absolute atomic E-state index is 9.37. The number of rotatable bonds is 6. The Morgan fingerprint density at radius 2 is 1.86 bits per heavy atom. The second kappa shape index (κ2) is 7.51. The Morgan fingerprint density at radius 1 is 1.05 bits per heavy atom. The Hall–Kier alpha value is -2.47. The molecule has 0 bridgehead atoms. The van der Waals surface area contributed by atoms with Crippen LogP contribution < -0.4 is 9.47 Å². The lowest BCUT2D eigenvalue weighted by Crippen LogP contribution is -2.05. The van der Waals surface area contributed by atoms with Gasteiger partial charge in [-0.3, -0.25) is 0 Å². The van der Waals surface area contributed by atoms with E-state index in [-0.39, 0.29) is 5.92 Å². The van der Waals surface area contributed by atoms with Crippen LogP contribution in [0.25, 0.3) is 0 Å². The smallest absolute Gasteiger partial charge is 0.119 e. The van der Waals surface area contributed by atoms with E-state index in [2.05, 4.69) is 26.0 Å². The molecule has 3 nitrogen and oxygen atoms in total. The van der Waals surface area contributed by atoms with E-state index in [1.165, 1.54) is 11.1 Å². The first-order valence-electron chi connectivity index (χ1n) is 7.37. The molecule has 1 atom stereocenters. The third-order valence-electron chi connectivity index (χ3n) is 3.81. The fourth-order valence-electron chi connectivity index (χ4n) is 2.26. The minimum absolute atomic E-state index is 0.193. The third kappa shape index (κ3) is 4.02. The van der Waals surface area contributed by atoms with Crippen molar-refractivity contribution in [1.29, 1.82) is 5.26 Å². The first-order chi connectivity index (χ1) is 10.6. The van der Waals surface area contributed by atoms with Gasteiger partial charge >= 0.3 is 0 Å². The summed E-state index contributed by atoms with van der Waals surface area (Å²) in [5.41, 5.74) is 3.42. The van der Waals surface area contributed by atoms with Gasteiger partial charge in [0.05, 0.1) is 25.7 Å². The van der Waals surface area contributed by atoms with E-state index in [9.17, 15) is 5.26 Å². The lowest BCUT2D eigenvalue weighted by atomic mass is 9.97. The normalized spacial score (nSPS) is 11.5. The molecule has 0 radical (unpaired) electrons. The van der Waals surface area contributed by atoms with E-state index in [0.717, 1.165) is 17.1 Å². The lowest BCUT2D eigenvalue weighted by Gasteiger charge is -2.12. The van der Waals surface area contributed by atoms with E-state index in [1.54, 1.807) is 7.11 Å². The van der Waals surface area contributed by atoms with Crippen LogP contribution >= 0.6 is 0 Å². The summed E-state index contributed by atoms with van der Waals surface area (Å²) < 4.78 is 11.0. The monoisotopic (exact) mass is 295 g/mol. The SMILES string of the molecule is COc1cccc(C(C#N)CCOc2ccc(C)c(C)c2)c1. The van der Waals surface area contributed by atoms with Crippen LogP contribution in [-0.2, 0) is 0 Å². The summed E-state index contributed by atoms with van der Waals surface area (Å²) in [6.45, 7) is 4.65. The molecule has 0 aliphatic heterocycles. The molecule has 0 saturated carbocycles. The van der Waals surface area contributed by atoms with Crippen molar-refractivity contribution in [2.24, 2.45) is 0 Å². The average molecular weight is 295 g/mol. The molecule has 0 aromatic heterocycles. The highest BCUT2D eigenvalue weighted by Crippen LogP contribution is 2.24. The average Bonchev–Trinajstić information content (AvgIpc) is 2.55. The molecule has 2 aromatic carbocycles. The number of nitrogens with zero attached hydrogens (tertiary/aromatic N) is 1. The number of benzene rings is 2. The Bertz CT molecular complexity index is 673. The number of methoxy groups -OCH3 is 1. The molecular formula is C19H21NO2. The highest BCUT2D eigenvalue weighted by atomic mass is 16.5. The van der Waals surface area contributed by atoms with Crippen LogP contribution in [0.1, 0.15) is 29.0 Å². The molecule has 2 rings (SSSR count). The van der Waals surface area contributed by atoms with Crippen LogP contribution in [0.4, 0.5) is 0 Å². The van der Waals surface area contributed by atoms with Crippen LogP contribution in [0.2, 0.25) is 0 Å². The van der Waals surface area contributed by atoms with Gasteiger partial charge < -0.3 is 9.47 Å². The zero-order valence-corrected chi connectivity index (χ0v) is 13.3. The van der Waals surface area contributed by atoms with Gasteiger partial charge in [0.1, 0.15) is 11.5 Å². The highest BCUT2D eigenvalue weighted by molar-refractivity contribution is 5.35. The first-order valence-corrected chi connectivity index (χ1v) is 7.37. The maximum Gasteiger partial charge on any atom is 0.119 e. The molecule has 0 N–H and O–H groups in total. The summed E-state index contributed by atoms with van der Waals surface area (Å²) >= 11 is 0. The van der Waals surface area contributed by atoms with Gasteiger partial charge in [0.25, 0.3) is 0 Å². The Balaban J connectivity index is 1.96. The molecule has 0 aliphatic rings. The molecule has 1 unspecified atom stereocenters. The van der Waals surface area contributed by atoms with Gasteiger partial charge in [-0.15, -0.1) is 0 Å². The molecule has 3 heteroatoms. The van der Waals surface area contributed by atoms with Crippen molar-refractivity contribution >= 4 is 0 Å². The predicted octanol–water partition coefficient (Wildman–Crippen LogP) is 4.39. The second-order valence-corrected chi connectivity index (χ2v) is 5.34. The van der Waals surface area contributed by atoms with Gasteiger partial charge in [-0.25, -0.2) is 0 Å². The van der Waals surface area contributed by atoms with Crippen molar-refractivity contribution in [3.05, 3.63) is 59.2 Å². The van der Waals surface area contributed by atoms with Crippen LogP contribution in [0.3, 0.4) is 0 Å². The minimum Gasteiger partial charge on any atom is -0.497 e. The zero-order chi connectivity index (χ0) is 15.9. The molecule has 0 aliphatic carbocycles. The molecule has 0 amide bonds. The Morgan fingerprint density at radius 3 is 2.55 bits per heavy atom. The van der Waals surface area contributed by atoms with Crippen molar-refractivity contribution in [3.8, 4) is 17.6 Å². The van der Waals surface area contributed by atoms with Gasteiger partial charge in [0, 0.05) is 6.42 Å². The molecule has 2 aromatic rings. The summed E-state index contributed by atoms with van der Waals surface area (Å²) in [5, 5.41) is 9.37. The number of hydrogen-bond donors (Lipinski definition) is 0. The summed E-state index contributed by atoms with van der Waals surface area (Å²) in [7, 11) is 1.63. The molecule has 22 heavy (non-hydrogen) atoms. The van der Waals surface area contributed by atoms with Gasteiger partial charge in [-0.1, -0.05) is 18.2 Å². The van der Waals surface area contributed by atoms with Gasteiger partial charge in [-0.2, -0.15) is 5.26 Å². The predicted molar refractivity (Wildman–Crippen MR) is 87.4 cm³/mol.